The highest BCUT2D eigenvalue weighted by atomic mass is 35.5. The van der Waals surface area contributed by atoms with E-state index in [9.17, 15) is 0 Å². The van der Waals surface area contributed by atoms with Crippen molar-refractivity contribution in [2.45, 2.75) is 33.7 Å². The molecule has 0 radical (unpaired) electrons. The molecule has 0 aromatic carbocycles. The number of ether oxygens (including phenoxy) is 1. The fourth-order valence-electron chi connectivity index (χ4n) is 1.33. The van der Waals surface area contributed by atoms with E-state index in [0.29, 0.717) is 5.95 Å². The Morgan fingerprint density at radius 1 is 1.24 bits per heavy atom. The number of anilines is 1. The van der Waals surface area contributed by atoms with Crippen molar-refractivity contribution in [3.8, 4) is 6.01 Å². The highest BCUT2D eigenvalue weighted by Gasteiger charge is 2.26. The molecule has 0 fully saturated rings. The first kappa shape index (κ1) is 14.0. The van der Waals surface area contributed by atoms with E-state index in [0.717, 1.165) is 0 Å². The first-order valence-electron chi connectivity index (χ1n) is 5.44. The van der Waals surface area contributed by atoms with Crippen LogP contribution in [0.1, 0.15) is 27.7 Å². The van der Waals surface area contributed by atoms with Crippen molar-refractivity contribution in [2.75, 3.05) is 19.1 Å². The van der Waals surface area contributed by atoms with Crippen LogP contribution in [0.2, 0.25) is 5.28 Å². The van der Waals surface area contributed by atoms with Crippen LogP contribution in [-0.4, -0.2) is 35.2 Å². The highest BCUT2D eigenvalue weighted by Crippen LogP contribution is 2.26. The lowest BCUT2D eigenvalue weighted by Crippen LogP contribution is -2.40. The molecule has 1 aromatic heterocycles. The minimum atomic E-state index is 0.112. The van der Waals surface area contributed by atoms with Crippen LogP contribution in [-0.2, 0) is 0 Å². The van der Waals surface area contributed by atoms with E-state index >= 15 is 0 Å². The van der Waals surface area contributed by atoms with E-state index < -0.39 is 0 Å². The molecule has 0 aliphatic rings. The van der Waals surface area contributed by atoms with Crippen LogP contribution in [0.3, 0.4) is 0 Å². The minimum Gasteiger partial charge on any atom is -0.467 e. The van der Waals surface area contributed by atoms with Gasteiger partial charge in [0.05, 0.1) is 7.11 Å². The van der Waals surface area contributed by atoms with E-state index in [-0.39, 0.29) is 22.8 Å². The number of nitrogens with zero attached hydrogens (tertiary/aromatic N) is 4. The van der Waals surface area contributed by atoms with Crippen molar-refractivity contribution < 1.29 is 4.74 Å². The molecule has 1 aromatic rings. The second-order valence-electron chi connectivity index (χ2n) is 5.04. The van der Waals surface area contributed by atoms with Gasteiger partial charge >= 0.3 is 6.01 Å². The van der Waals surface area contributed by atoms with Gasteiger partial charge < -0.3 is 9.64 Å². The standard InChI is InChI=1S/C11H19ClN4O/c1-7(11(2,3)4)16(5)9-13-8(12)14-10(15-9)17-6/h7H,1-6H3. The van der Waals surface area contributed by atoms with Crippen molar-refractivity contribution in [3.05, 3.63) is 5.28 Å². The van der Waals surface area contributed by atoms with E-state index in [1.807, 2.05) is 11.9 Å². The van der Waals surface area contributed by atoms with E-state index in [1.165, 1.54) is 7.11 Å². The van der Waals surface area contributed by atoms with Gasteiger partial charge in [-0.2, -0.15) is 15.0 Å². The summed E-state index contributed by atoms with van der Waals surface area (Å²) in [6.45, 7) is 8.60. The monoisotopic (exact) mass is 258 g/mol. The first-order valence-corrected chi connectivity index (χ1v) is 5.82. The van der Waals surface area contributed by atoms with Gasteiger partial charge in [-0.05, 0) is 23.9 Å². The lowest BCUT2D eigenvalue weighted by atomic mass is 9.87. The van der Waals surface area contributed by atoms with Crippen LogP contribution in [0.25, 0.3) is 0 Å². The molecule has 0 saturated carbocycles. The van der Waals surface area contributed by atoms with Crippen LogP contribution in [0, 0.1) is 5.41 Å². The molecule has 0 bridgehead atoms. The summed E-state index contributed by atoms with van der Waals surface area (Å²) in [6, 6.07) is 0.485. The van der Waals surface area contributed by atoms with Gasteiger partial charge in [0.1, 0.15) is 0 Å². The summed E-state index contributed by atoms with van der Waals surface area (Å²) in [5.74, 6) is 0.518. The molecule has 1 atom stereocenters. The number of aromatic nitrogens is 3. The van der Waals surface area contributed by atoms with Gasteiger partial charge in [0.25, 0.3) is 0 Å². The average molecular weight is 259 g/mol. The maximum Gasteiger partial charge on any atom is 0.322 e. The normalized spacial score (nSPS) is 13.4. The molecule has 0 aliphatic heterocycles. The largest absolute Gasteiger partial charge is 0.467 e. The lowest BCUT2D eigenvalue weighted by molar-refractivity contribution is 0.325. The van der Waals surface area contributed by atoms with Crippen molar-refractivity contribution in [3.63, 3.8) is 0 Å². The van der Waals surface area contributed by atoms with Crippen LogP contribution < -0.4 is 9.64 Å². The lowest BCUT2D eigenvalue weighted by Gasteiger charge is -2.35. The number of rotatable bonds is 3. The summed E-state index contributed by atoms with van der Waals surface area (Å²) >= 11 is 5.82. The van der Waals surface area contributed by atoms with Crippen LogP contribution in [0.5, 0.6) is 6.01 Å². The number of hydrogen-bond donors (Lipinski definition) is 0. The summed E-state index contributed by atoms with van der Waals surface area (Å²) < 4.78 is 4.98. The molecule has 17 heavy (non-hydrogen) atoms. The van der Waals surface area contributed by atoms with Crippen LogP contribution in [0.4, 0.5) is 5.95 Å². The Labute approximate surface area is 107 Å². The third-order valence-corrected chi connectivity index (χ3v) is 3.08. The Kier molecular flexibility index (Phi) is 4.14. The zero-order valence-electron chi connectivity index (χ0n) is 11.2. The Bertz CT molecular complexity index is 392. The predicted octanol–water partition coefficient (Wildman–Crippen LogP) is 2.40. The maximum absolute atomic E-state index is 5.82. The van der Waals surface area contributed by atoms with Gasteiger partial charge in [0.15, 0.2) is 0 Å². The number of halogens is 1. The molecular weight excluding hydrogens is 240 g/mol. The van der Waals surface area contributed by atoms with Crippen molar-refractivity contribution in [1.29, 1.82) is 0 Å². The van der Waals surface area contributed by atoms with Crippen LogP contribution in [0.15, 0.2) is 0 Å². The summed E-state index contributed by atoms with van der Waals surface area (Å²) in [7, 11) is 3.43. The molecule has 0 saturated heterocycles. The molecule has 0 aliphatic carbocycles. The van der Waals surface area contributed by atoms with Gasteiger partial charge in [-0.1, -0.05) is 20.8 Å². The highest BCUT2D eigenvalue weighted by molar-refractivity contribution is 6.28. The van der Waals surface area contributed by atoms with Crippen molar-refractivity contribution in [1.82, 2.24) is 15.0 Å². The molecular formula is C11H19ClN4O. The minimum absolute atomic E-state index is 0.112. The molecule has 6 heteroatoms. The predicted molar refractivity (Wildman–Crippen MR) is 68.7 cm³/mol. The van der Waals surface area contributed by atoms with Gasteiger partial charge in [0.2, 0.25) is 11.2 Å². The number of hydrogen-bond acceptors (Lipinski definition) is 5. The third-order valence-electron chi connectivity index (χ3n) is 2.91. The topological polar surface area (TPSA) is 51.1 Å². The Hall–Kier alpha value is -1.10. The summed E-state index contributed by atoms with van der Waals surface area (Å²) in [5.41, 5.74) is 0.112. The SMILES string of the molecule is COc1nc(Cl)nc(N(C)C(C)C(C)(C)C)n1. The zero-order valence-corrected chi connectivity index (χ0v) is 11.9. The van der Waals surface area contributed by atoms with Gasteiger partial charge in [-0.15, -0.1) is 0 Å². The first-order chi connectivity index (χ1) is 7.75. The fraction of sp³-hybridized carbons (Fsp3) is 0.727. The van der Waals surface area contributed by atoms with E-state index in [2.05, 4.69) is 42.6 Å². The Balaban J connectivity index is 3.03. The molecule has 1 unspecified atom stereocenters. The fourth-order valence-corrected chi connectivity index (χ4v) is 1.47. The Morgan fingerprint density at radius 2 is 1.82 bits per heavy atom. The second-order valence-corrected chi connectivity index (χ2v) is 5.38. The summed E-state index contributed by atoms with van der Waals surface area (Å²) in [5, 5.41) is 0.139. The van der Waals surface area contributed by atoms with Crippen LogP contribution >= 0.6 is 11.6 Å². The Morgan fingerprint density at radius 3 is 2.29 bits per heavy atom. The van der Waals surface area contributed by atoms with Crippen molar-refractivity contribution in [2.24, 2.45) is 5.41 Å². The molecule has 96 valence electrons. The smallest absolute Gasteiger partial charge is 0.322 e. The van der Waals surface area contributed by atoms with Crippen molar-refractivity contribution >= 4 is 17.5 Å². The maximum atomic E-state index is 5.82. The quantitative estimate of drug-likeness (QED) is 0.833. The molecule has 0 N–H and O–H groups in total. The third kappa shape index (κ3) is 3.43. The average Bonchev–Trinajstić information content (AvgIpc) is 2.24. The van der Waals surface area contributed by atoms with E-state index in [4.69, 9.17) is 16.3 Å². The zero-order chi connectivity index (χ0) is 13.2. The molecule has 1 heterocycles. The van der Waals surface area contributed by atoms with Gasteiger partial charge in [-0.3, -0.25) is 0 Å². The molecule has 0 amide bonds. The molecule has 0 spiro atoms. The summed E-state index contributed by atoms with van der Waals surface area (Å²) in [4.78, 5) is 14.1. The second kappa shape index (κ2) is 5.04. The van der Waals surface area contributed by atoms with E-state index in [1.54, 1.807) is 0 Å². The van der Waals surface area contributed by atoms with Gasteiger partial charge in [0, 0.05) is 13.1 Å². The van der Waals surface area contributed by atoms with Gasteiger partial charge in [-0.25, -0.2) is 0 Å². The number of methoxy groups -OCH3 is 1. The molecule has 1 rings (SSSR count). The summed E-state index contributed by atoms with van der Waals surface area (Å²) in [6.07, 6.45) is 0. The molecule has 5 nitrogen and oxygen atoms in total.